The van der Waals surface area contributed by atoms with Gasteiger partial charge in [0.1, 0.15) is 5.76 Å². The summed E-state index contributed by atoms with van der Waals surface area (Å²) in [7, 11) is 2.03. The van der Waals surface area contributed by atoms with Crippen molar-refractivity contribution in [1.82, 2.24) is 4.90 Å². The summed E-state index contributed by atoms with van der Waals surface area (Å²) in [5.41, 5.74) is 8.43. The first kappa shape index (κ1) is 30.0. The van der Waals surface area contributed by atoms with Crippen LogP contribution in [0.4, 0.5) is 11.4 Å². The van der Waals surface area contributed by atoms with Gasteiger partial charge in [-0.2, -0.15) is 0 Å². The van der Waals surface area contributed by atoms with E-state index in [1.54, 1.807) is 0 Å². The molecule has 2 aliphatic rings. The maximum atomic E-state index is 10.1. The first-order valence-corrected chi connectivity index (χ1v) is 13.8. The summed E-state index contributed by atoms with van der Waals surface area (Å²) in [6, 6.07) is 10.3. The van der Waals surface area contributed by atoms with Crippen molar-refractivity contribution < 1.29 is 5.11 Å². The number of fused-ring (bicyclic) bond motifs is 1. The highest BCUT2D eigenvalue weighted by molar-refractivity contribution is 6.06. The number of anilines is 2. The van der Waals surface area contributed by atoms with E-state index in [2.05, 4.69) is 54.7 Å². The number of benzene rings is 2. The van der Waals surface area contributed by atoms with Gasteiger partial charge in [0.15, 0.2) is 0 Å². The van der Waals surface area contributed by atoms with E-state index in [0.717, 1.165) is 51.8 Å². The zero-order chi connectivity index (χ0) is 27.8. The number of hydrogen-bond donors (Lipinski definition) is 3. The minimum absolute atomic E-state index is 0.0656. The van der Waals surface area contributed by atoms with Gasteiger partial charge in [-0.3, -0.25) is 4.99 Å². The van der Waals surface area contributed by atoms with Gasteiger partial charge in [0.2, 0.25) is 5.96 Å². The Morgan fingerprint density at radius 1 is 1.11 bits per heavy atom. The summed E-state index contributed by atoms with van der Waals surface area (Å²) in [5, 5.41) is 17.2. The molecular weight excluding hydrogens is 456 g/mol. The lowest BCUT2D eigenvalue weighted by Crippen LogP contribution is -2.39. The van der Waals surface area contributed by atoms with E-state index < -0.39 is 0 Å². The molecule has 4 rings (SSSR count). The normalized spacial score (nSPS) is 16.3. The number of aliphatic hydroxyl groups excluding tert-OH is 1. The Bertz CT molecular complexity index is 1120. The molecule has 0 spiro atoms. The van der Waals surface area contributed by atoms with Gasteiger partial charge >= 0.3 is 0 Å². The van der Waals surface area contributed by atoms with E-state index in [0.29, 0.717) is 12.0 Å². The molecule has 0 bridgehead atoms. The Balaban J connectivity index is 0.00000115. The maximum Gasteiger partial charge on any atom is 0.202 e. The van der Waals surface area contributed by atoms with E-state index in [-0.39, 0.29) is 5.76 Å². The molecule has 0 atom stereocenters. The number of guanidine groups is 1. The third-order valence-corrected chi connectivity index (χ3v) is 7.32. The lowest BCUT2D eigenvalue weighted by atomic mass is 9.67. The number of aliphatic imine (C=N–C) groups is 1. The molecule has 37 heavy (non-hydrogen) atoms. The molecule has 5 heteroatoms. The topological polar surface area (TPSA) is 59.9 Å². The number of aliphatic hydroxyl groups is 1. The molecule has 0 unspecified atom stereocenters. The van der Waals surface area contributed by atoms with Gasteiger partial charge in [0.05, 0.1) is 5.69 Å². The number of nitrogens with one attached hydrogen (secondary N) is 2. The van der Waals surface area contributed by atoms with Crippen molar-refractivity contribution in [1.29, 1.82) is 0 Å². The summed E-state index contributed by atoms with van der Waals surface area (Å²) < 4.78 is 0. The van der Waals surface area contributed by atoms with E-state index >= 15 is 0 Å². The molecule has 0 amide bonds. The average Bonchev–Trinajstić information content (AvgIpc) is 2.88. The lowest BCUT2D eigenvalue weighted by molar-refractivity contribution is 0.139. The first-order valence-electron chi connectivity index (χ1n) is 13.8. The molecule has 0 aromatic heterocycles. The van der Waals surface area contributed by atoms with E-state index in [1.165, 1.54) is 31.2 Å². The minimum Gasteiger partial charge on any atom is -0.508 e. The zero-order valence-electron chi connectivity index (χ0n) is 24.4. The molecule has 5 nitrogen and oxygen atoms in total. The van der Waals surface area contributed by atoms with Crippen LogP contribution in [0.5, 0.6) is 0 Å². The largest absolute Gasteiger partial charge is 0.508 e. The predicted octanol–water partition coefficient (Wildman–Crippen LogP) is 8.76. The van der Waals surface area contributed by atoms with Crippen molar-refractivity contribution in [3.05, 3.63) is 71.3 Å². The quantitative estimate of drug-likeness (QED) is 0.330. The lowest BCUT2D eigenvalue weighted by Gasteiger charge is -2.41. The highest BCUT2D eigenvalue weighted by Gasteiger charge is 2.35. The van der Waals surface area contributed by atoms with E-state index in [9.17, 15) is 5.11 Å². The molecule has 1 saturated carbocycles. The van der Waals surface area contributed by atoms with Crippen LogP contribution in [0, 0.1) is 19.3 Å². The van der Waals surface area contributed by atoms with Crippen LogP contribution in [0.3, 0.4) is 0 Å². The van der Waals surface area contributed by atoms with Gasteiger partial charge in [0, 0.05) is 42.6 Å². The van der Waals surface area contributed by atoms with Crippen LogP contribution in [-0.2, 0) is 6.54 Å². The fraction of sp³-hybridized carbons (Fsp3) is 0.469. The second kappa shape index (κ2) is 13.4. The Hall–Kier alpha value is -3.21. The molecule has 1 fully saturated rings. The molecule has 1 aliphatic heterocycles. The number of hydrogen-bond acceptors (Lipinski definition) is 3. The van der Waals surface area contributed by atoms with Gasteiger partial charge < -0.3 is 20.6 Å². The molecule has 202 valence electrons. The average molecular weight is 505 g/mol. The van der Waals surface area contributed by atoms with Gasteiger partial charge in [-0.05, 0) is 67.9 Å². The molecule has 2 aromatic rings. The standard InChI is InChI=1S/C28H36N4O.2C2H6/c1-7-28(11-8-12-28)17-30-27-31-26-22(13-19(3)15-23(26)20(4)32(27)6)16-29-25-10-9-18(2)14-24(25)21(5)33;2*1-2/h9-10,13-15,29,33H,4-5,7-8,11-12,16-17H2,1-3,6H3,(H,30,31);2*1-2H3. The summed E-state index contributed by atoms with van der Waals surface area (Å²) >= 11 is 0. The second-order valence-corrected chi connectivity index (χ2v) is 9.67. The Labute approximate surface area is 225 Å². The van der Waals surface area contributed by atoms with E-state index in [1.807, 2.05) is 59.9 Å². The molecular formula is C32H48N4O. The van der Waals surface area contributed by atoms with Crippen LogP contribution in [0.2, 0.25) is 0 Å². The SMILES string of the molecule is C=C(O)c1cc(C)ccc1NCc1cc(C)cc2c1NC(=NCC1(CC)CCC1)N(C)C2=C.CC.CC. The maximum absolute atomic E-state index is 10.1. The monoisotopic (exact) mass is 504 g/mol. The van der Waals surface area contributed by atoms with Crippen molar-refractivity contribution in [3.63, 3.8) is 0 Å². The van der Waals surface area contributed by atoms with Crippen molar-refractivity contribution in [2.75, 3.05) is 24.2 Å². The number of rotatable bonds is 7. The molecule has 0 saturated heterocycles. The van der Waals surface area contributed by atoms with E-state index in [4.69, 9.17) is 4.99 Å². The van der Waals surface area contributed by atoms with Crippen LogP contribution in [0.1, 0.15) is 88.1 Å². The Morgan fingerprint density at radius 3 is 2.35 bits per heavy atom. The van der Waals surface area contributed by atoms with Crippen molar-refractivity contribution in [2.24, 2.45) is 10.4 Å². The molecule has 2 aromatic carbocycles. The zero-order valence-corrected chi connectivity index (χ0v) is 24.4. The highest BCUT2D eigenvalue weighted by atomic mass is 16.3. The first-order chi connectivity index (χ1) is 17.7. The number of nitrogens with zero attached hydrogens (tertiary/aromatic N) is 2. The second-order valence-electron chi connectivity index (χ2n) is 9.67. The Kier molecular flexibility index (Phi) is 10.8. The molecule has 1 heterocycles. The molecule has 3 N–H and O–H groups in total. The fourth-order valence-electron chi connectivity index (χ4n) is 4.81. The van der Waals surface area contributed by atoms with Crippen LogP contribution < -0.4 is 10.6 Å². The van der Waals surface area contributed by atoms with Crippen molar-refractivity contribution in [3.8, 4) is 0 Å². The summed E-state index contributed by atoms with van der Waals surface area (Å²) in [6.45, 7) is 23.9. The highest BCUT2D eigenvalue weighted by Crippen LogP contribution is 2.44. The number of aryl methyl sites for hydroxylation is 2. The summed E-state index contributed by atoms with van der Waals surface area (Å²) in [5.74, 6) is 0.924. The van der Waals surface area contributed by atoms with Crippen LogP contribution in [0.15, 0.2) is 48.5 Å². The summed E-state index contributed by atoms with van der Waals surface area (Å²) in [4.78, 5) is 7.08. The third-order valence-electron chi connectivity index (χ3n) is 7.32. The van der Waals surface area contributed by atoms with Gasteiger partial charge in [-0.15, -0.1) is 0 Å². The minimum atomic E-state index is 0.0656. The van der Waals surface area contributed by atoms with Crippen LogP contribution >= 0.6 is 0 Å². The predicted molar refractivity (Wildman–Crippen MR) is 163 cm³/mol. The van der Waals surface area contributed by atoms with Gasteiger partial charge in [-0.1, -0.05) is 71.9 Å². The van der Waals surface area contributed by atoms with Crippen molar-refractivity contribution >= 4 is 28.8 Å². The molecule has 1 aliphatic carbocycles. The smallest absolute Gasteiger partial charge is 0.202 e. The van der Waals surface area contributed by atoms with Crippen molar-refractivity contribution in [2.45, 2.75) is 80.7 Å². The van der Waals surface area contributed by atoms with Crippen LogP contribution in [0.25, 0.3) is 11.5 Å². The van der Waals surface area contributed by atoms with Gasteiger partial charge in [0.25, 0.3) is 0 Å². The third kappa shape index (κ3) is 6.76. The van der Waals surface area contributed by atoms with Crippen LogP contribution in [-0.4, -0.2) is 29.6 Å². The molecule has 0 radical (unpaired) electrons. The van der Waals surface area contributed by atoms with Gasteiger partial charge in [-0.25, -0.2) is 0 Å². The summed E-state index contributed by atoms with van der Waals surface area (Å²) in [6.07, 6.45) is 5.03. The Morgan fingerprint density at radius 2 is 1.78 bits per heavy atom. The fourth-order valence-corrected chi connectivity index (χ4v) is 4.81.